The molecule has 0 bridgehead atoms. The molecule has 1 fully saturated rings. The van der Waals surface area contributed by atoms with Crippen molar-refractivity contribution < 1.29 is 9.53 Å². The Hall–Kier alpha value is -0.790. The normalized spacial score (nSPS) is 28.3. The highest BCUT2D eigenvalue weighted by atomic mass is 16.6. The summed E-state index contributed by atoms with van der Waals surface area (Å²) in [5.41, 5.74) is 0.757. The quantitative estimate of drug-likeness (QED) is 0.526. The fourth-order valence-corrected chi connectivity index (χ4v) is 2.31. The van der Waals surface area contributed by atoms with Crippen LogP contribution >= 0.6 is 0 Å². The molecule has 2 nitrogen and oxygen atoms in total. The van der Waals surface area contributed by atoms with E-state index in [2.05, 4.69) is 20.8 Å². The lowest BCUT2D eigenvalue weighted by Crippen LogP contribution is -2.47. The molecule has 0 amide bonds. The van der Waals surface area contributed by atoms with E-state index in [9.17, 15) is 4.79 Å². The van der Waals surface area contributed by atoms with Gasteiger partial charge in [-0.1, -0.05) is 25.8 Å². The maximum absolute atomic E-state index is 11.7. The van der Waals surface area contributed by atoms with Crippen LogP contribution < -0.4 is 0 Å². The zero-order chi connectivity index (χ0) is 12.4. The van der Waals surface area contributed by atoms with Crippen LogP contribution in [0.2, 0.25) is 0 Å². The summed E-state index contributed by atoms with van der Waals surface area (Å²) in [4.78, 5) is 11.7. The highest BCUT2D eigenvalue weighted by Crippen LogP contribution is 2.46. The Kier molecular flexibility index (Phi) is 3.82. The van der Waals surface area contributed by atoms with Crippen LogP contribution in [0, 0.1) is 5.41 Å². The number of ether oxygens (including phenoxy) is 1. The Balaban J connectivity index is 2.77. The van der Waals surface area contributed by atoms with Gasteiger partial charge in [-0.15, -0.1) is 0 Å². The third-order valence-electron chi connectivity index (χ3n) is 3.87. The lowest BCUT2D eigenvalue weighted by Gasteiger charge is -2.46. The zero-order valence-electron chi connectivity index (χ0n) is 11.2. The highest BCUT2D eigenvalue weighted by Gasteiger charge is 2.45. The van der Waals surface area contributed by atoms with Gasteiger partial charge >= 0.3 is 5.97 Å². The van der Waals surface area contributed by atoms with Gasteiger partial charge in [0.05, 0.1) is 0 Å². The van der Waals surface area contributed by atoms with Crippen molar-refractivity contribution in [3.63, 3.8) is 0 Å². The lowest BCUT2D eigenvalue weighted by atomic mass is 9.66. The number of carbonyl (C=O) groups is 1. The van der Waals surface area contributed by atoms with Crippen LogP contribution in [-0.2, 0) is 9.53 Å². The van der Waals surface area contributed by atoms with E-state index in [-0.39, 0.29) is 17.0 Å². The first-order chi connectivity index (χ1) is 7.27. The summed E-state index contributed by atoms with van der Waals surface area (Å²) in [5, 5.41) is 0. The zero-order valence-corrected chi connectivity index (χ0v) is 11.2. The maximum Gasteiger partial charge on any atom is 0.331 e. The van der Waals surface area contributed by atoms with Crippen molar-refractivity contribution >= 4 is 5.97 Å². The van der Waals surface area contributed by atoms with Gasteiger partial charge in [0, 0.05) is 11.5 Å². The molecule has 1 aliphatic rings. The Morgan fingerprint density at radius 2 is 1.69 bits per heavy atom. The smallest absolute Gasteiger partial charge is 0.331 e. The van der Waals surface area contributed by atoms with E-state index >= 15 is 0 Å². The van der Waals surface area contributed by atoms with E-state index in [1.807, 2.05) is 13.8 Å². The molecule has 0 spiro atoms. The van der Waals surface area contributed by atoms with Gasteiger partial charge in [-0.25, -0.2) is 4.79 Å². The minimum absolute atomic E-state index is 0.0798. The monoisotopic (exact) mass is 224 g/mol. The maximum atomic E-state index is 11.7. The lowest BCUT2D eigenvalue weighted by molar-refractivity contribution is -0.171. The topological polar surface area (TPSA) is 26.3 Å². The van der Waals surface area contributed by atoms with E-state index in [4.69, 9.17) is 4.74 Å². The molecule has 1 atom stereocenters. The highest BCUT2D eigenvalue weighted by molar-refractivity contribution is 5.83. The van der Waals surface area contributed by atoms with E-state index in [0.717, 1.165) is 24.8 Å². The van der Waals surface area contributed by atoms with Crippen molar-refractivity contribution in [1.29, 1.82) is 0 Å². The summed E-state index contributed by atoms with van der Waals surface area (Å²) in [5.74, 6) is -0.197. The predicted molar refractivity (Wildman–Crippen MR) is 66.2 cm³/mol. The second-order valence-electron chi connectivity index (χ2n) is 5.96. The molecular weight excluding hydrogens is 200 g/mol. The molecule has 1 aliphatic carbocycles. The minimum atomic E-state index is -0.311. The fraction of sp³-hybridized carbons (Fsp3) is 0.786. The largest absolute Gasteiger partial charge is 0.456 e. The molecule has 92 valence electrons. The van der Waals surface area contributed by atoms with Crippen molar-refractivity contribution in [2.75, 3.05) is 0 Å². The first-order valence-electron chi connectivity index (χ1n) is 6.15. The standard InChI is InChI=1S/C14H24O2/c1-11(2)10-12(15)16-14(5)9-7-6-8-13(14,3)4/h10H,6-9H2,1-5H3. The Morgan fingerprint density at radius 1 is 1.12 bits per heavy atom. The van der Waals surface area contributed by atoms with Crippen LogP contribution in [0.25, 0.3) is 0 Å². The number of carbonyl (C=O) groups excluding carboxylic acids is 1. The molecule has 16 heavy (non-hydrogen) atoms. The number of hydrogen-bond acceptors (Lipinski definition) is 2. The van der Waals surface area contributed by atoms with Gasteiger partial charge in [0.2, 0.25) is 0 Å². The van der Waals surface area contributed by atoms with Gasteiger partial charge in [-0.2, -0.15) is 0 Å². The van der Waals surface area contributed by atoms with Crippen molar-refractivity contribution in [2.24, 2.45) is 5.41 Å². The van der Waals surface area contributed by atoms with Gasteiger partial charge in [0.1, 0.15) is 5.60 Å². The molecule has 1 saturated carbocycles. The van der Waals surface area contributed by atoms with Crippen molar-refractivity contribution in [3.05, 3.63) is 11.6 Å². The Morgan fingerprint density at radius 3 is 2.19 bits per heavy atom. The summed E-state index contributed by atoms with van der Waals surface area (Å²) in [7, 11) is 0. The molecule has 0 aromatic carbocycles. The Bertz CT molecular complexity index is 298. The predicted octanol–water partition coefficient (Wildman–Crippen LogP) is 3.85. The first-order valence-corrected chi connectivity index (χ1v) is 6.15. The van der Waals surface area contributed by atoms with Gasteiger partial charge in [-0.3, -0.25) is 0 Å². The summed E-state index contributed by atoms with van der Waals surface area (Å²) in [6.07, 6.45) is 6.08. The van der Waals surface area contributed by atoms with Crippen LogP contribution in [0.5, 0.6) is 0 Å². The van der Waals surface area contributed by atoms with Gasteiger partial charge in [-0.05, 0) is 40.0 Å². The molecule has 1 rings (SSSR count). The van der Waals surface area contributed by atoms with E-state index in [0.29, 0.717) is 0 Å². The van der Waals surface area contributed by atoms with Crippen LogP contribution in [0.15, 0.2) is 11.6 Å². The van der Waals surface area contributed by atoms with Crippen LogP contribution in [0.3, 0.4) is 0 Å². The second kappa shape index (κ2) is 4.60. The molecule has 0 N–H and O–H groups in total. The fourth-order valence-electron chi connectivity index (χ4n) is 2.31. The average Bonchev–Trinajstić information content (AvgIpc) is 2.08. The SMILES string of the molecule is CC(C)=CC(=O)OC1(C)CCCCC1(C)C. The number of esters is 1. The molecule has 2 heteroatoms. The van der Waals surface area contributed by atoms with Crippen LogP contribution in [0.1, 0.15) is 60.3 Å². The van der Waals surface area contributed by atoms with E-state index in [1.54, 1.807) is 6.08 Å². The number of allylic oxidation sites excluding steroid dienone is 1. The van der Waals surface area contributed by atoms with Crippen LogP contribution in [-0.4, -0.2) is 11.6 Å². The Labute approximate surface area is 99.1 Å². The summed E-state index contributed by atoms with van der Waals surface area (Å²) >= 11 is 0. The van der Waals surface area contributed by atoms with Gasteiger partial charge in [0.15, 0.2) is 0 Å². The third kappa shape index (κ3) is 2.87. The molecule has 0 aromatic rings. The summed E-state index contributed by atoms with van der Waals surface area (Å²) < 4.78 is 5.69. The molecule has 1 unspecified atom stereocenters. The molecular formula is C14H24O2. The average molecular weight is 224 g/mol. The van der Waals surface area contributed by atoms with Gasteiger partial charge in [0.25, 0.3) is 0 Å². The third-order valence-corrected chi connectivity index (χ3v) is 3.87. The summed E-state index contributed by atoms with van der Waals surface area (Å²) in [6.45, 7) is 10.3. The molecule has 0 aromatic heterocycles. The minimum Gasteiger partial charge on any atom is -0.456 e. The van der Waals surface area contributed by atoms with E-state index < -0.39 is 0 Å². The molecule has 0 aliphatic heterocycles. The van der Waals surface area contributed by atoms with Crippen molar-refractivity contribution in [1.82, 2.24) is 0 Å². The van der Waals surface area contributed by atoms with Crippen molar-refractivity contribution in [3.8, 4) is 0 Å². The molecule has 0 saturated heterocycles. The number of hydrogen-bond donors (Lipinski definition) is 0. The molecule has 0 radical (unpaired) electrons. The van der Waals surface area contributed by atoms with Crippen molar-refractivity contribution in [2.45, 2.75) is 65.9 Å². The molecule has 0 heterocycles. The van der Waals surface area contributed by atoms with Gasteiger partial charge < -0.3 is 4.74 Å². The second-order valence-corrected chi connectivity index (χ2v) is 5.96. The van der Waals surface area contributed by atoms with E-state index in [1.165, 1.54) is 6.42 Å². The first kappa shape index (κ1) is 13.3. The number of rotatable bonds is 2. The summed E-state index contributed by atoms with van der Waals surface area (Å²) in [6, 6.07) is 0. The van der Waals surface area contributed by atoms with Crippen LogP contribution in [0.4, 0.5) is 0 Å².